The van der Waals surface area contributed by atoms with Crippen LogP contribution in [0.1, 0.15) is 13.8 Å². The quantitative estimate of drug-likeness (QED) is 0.842. The molecule has 1 aromatic carbocycles. The molecule has 2 aromatic rings. The van der Waals surface area contributed by atoms with E-state index in [-0.39, 0.29) is 29.2 Å². The third kappa shape index (κ3) is 3.96. The Labute approximate surface area is 120 Å². The zero-order valence-electron chi connectivity index (χ0n) is 11.5. The fourth-order valence-electron chi connectivity index (χ4n) is 1.47. The molecule has 0 radical (unpaired) electrons. The van der Waals surface area contributed by atoms with Crippen LogP contribution in [0.4, 0.5) is 23.1 Å². The first kappa shape index (κ1) is 14.4. The number of amides is 2. The summed E-state index contributed by atoms with van der Waals surface area (Å²) in [7, 11) is 0. The van der Waals surface area contributed by atoms with E-state index in [9.17, 15) is 9.59 Å². The topological polar surface area (TPSA) is 109 Å². The van der Waals surface area contributed by atoms with E-state index >= 15 is 0 Å². The molecule has 0 unspecified atom stereocenters. The molecule has 2 N–H and O–H groups in total. The van der Waals surface area contributed by atoms with E-state index in [0.29, 0.717) is 5.69 Å². The number of nitrogens with zero attached hydrogens (tertiary/aromatic N) is 3. The van der Waals surface area contributed by atoms with Crippen molar-refractivity contribution in [1.82, 2.24) is 5.16 Å². The molecule has 108 valence electrons. The summed E-state index contributed by atoms with van der Waals surface area (Å²) < 4.78 is 4.95. The number of carbonyl (C=O) groups is 2. The average Bonchev–Trinajstić information content (AvgIpc) is 2.78. The van der Waals surface area contributed by atoms with E-state index in [0.717, 1.165) is 0 Å². The average molecular weight is 287 g/mol. The third-order valence-electron chi connectivity index (χ3n) is 2.27. The SMILES string of the molecule is CC(=O)Nc1noc(NC(C)=O)c1N=Nc1ccccc1. The molecular formula is C13H13N5O3. The minimum atomic E-state index is -0.350. The maximum atomic E-state index is 11.1. The van der Waals surface area contributed by atoms with Gasteiger partial charge in [-0.2, -0.15) is 5.11 Å². The van der Waals surface area contributed by atoms with Crippen LogP contribution in [-0.4, -0.2) is 17.0 Å². The first-order valence-electron chi connectivity index (χ1n) is 6.08. The van der Waals surface area contributed by atoms with Crippen LogP contribution in [0.25, 0.3) is 0 Å². The minimum absolute atomic E-state index is 0.0194. The molecule has 1 aromatic heterocycles. The van der Waals surface area contributed by atoms with E-state index < -0.39 is 0 Å². The fraction of sp³-hybridized carbons (Fsp3) is 0.154. The minimum Gasteiger partial charge on any atom is -0.334 e. The summed E-state index contributed by atoms with van der Waals surface area (Å²) in [6, 6.07) is 8.99. The molecule has 2 rings (SSSR count). The maximum absolute atomic E-state index is 11.1. The Bertz CT molecular complexity index is 645. The number of nitrogens with one attached hydrogen (secondary N) is 2. The number of aromatic nitrogens is 1. The van der Waals surface area contributed by atoms with Gasteiger partial charge in [-0.05, 0) is 12.1 Å². The smallest absolute Gasteiger partial charge is 0.261 e. The molecule has 0 aliphatic rings. The number of hydrogen-bond donors (Lipinski definition) is 2. The van der Waals surface area contributed by atoms with Crippen molar-refractivity contribution in [1.29, 1.82) is 0 Å². The second-order valence-electron chi connectivity index (χ2n) is 4.11. The maximum Gasteiger partial charge on any atom is 0.261 e. The van der Waals surface area contributed by atoms with E-state index in [1.165, 1.54) is 13.8 Å². The molecule has 0 saturated carbocycles. The summed E-state index contributed by atoms with van der Waals surface area (Å²) in [4.78, 5) is 22.2. The van der Waals surface area contributed by atoms with Gasteiger partial charge in [-0.15, -0.1) is 5.11 Å². The second-order valence-corrected chi connectivity index (χ2v) is 4.11. The molecule has 0 saturated heterocycles. The number of carbonyl (C=O) groups excluding carboxylic acids is 2. The lowest BCUT2D eigenvalue weighted by atomic mass is 10.3. The van der Waals surface area contributed by atoms with Crippen molar-refractivity contribution in [3.8, 4) is 0 Å². The van der Waals surface area contributed by atoms with Crippen LogP contribution in [-0.2, 0) is 9.59 Å². The van der Waals surface area contributed by atoms with Crippen LogP contribution in [0.2, 0.25) is 0 Å². The molecule has 0 bridgehead atoms. The predicted molar refractivity (Wildman–Crippen MR) is 75.7 cm³/mol. The predicted octanol–water partition coefficient (Wildman–Crippen LogP) is 3.01. The molecule has 0 atom stereocenters. The Morgan fingerprint density at radius 3 is 2.33 bits per heavy atom. The molecule has 8 nitrogen and oxygen atoms in total. The summed E-state index contributed by atoms with van der Waals surface area (Å²) in [5.74, 6) is -0.581. The number of anilines is 2. The second kappa shape index (κ2) is 6.42. The molecule has 0 aliphatic carbocycles. The fourth-order valence-corrected chi connectivity index (χ4v) is 1.47. The number of rotatable bonds is 4. The number of hydrogen-bond acceptors (Lipinski definition) is 6. The Morgan fingerprint density at radius 2 is 1.71 bits per heavy atom. The van der Waals surface area contributed by atoms with Crippen LogP contribution in [0.3, 0.4) is 0 Å². The number of azo groups is 1. The van der Waals surface area contributed by atoms with Gasteiger partial charge in [0.05, 0.1) is 5.69 Å². The summed E-state index contributed by atoms with van der Waals surface area (Å²) in [5, 5.41) is 16.5. The Hall–Kier alpha value is -3.03. The van der Waals surface area contributed by atoms with Gasteiger partial charge in [0.25, 0.3) is 5.88 Å². The first-order chi connectivity index (χ1) is 10.1. The van der Waals surface area contributed by atoms with Crippen LogP contribution < -0.4 is 10.6 Å². The van der Waals surface area contributed by atoms with Crippen molar-refractivity contribution in [3.05, 3.63) is 30.3 Å². The van der Waals surface area contributed by atoms with Crippen LogP contribution in [0, 0.1) is 0 Å². The van der Waals surface area contributed by atoms with Gasteiger partial charge in [0.2, 0.25) is 17.6 Å². The lowest BCUT2D eigenvalue weighted by Crippen LogP contribution is -2.07. The summed E-state index contributed by atoms with van der Waals surface area (Å²) >= 11 is 0. The highest BCUT2D eigenvalue weighted by molar-refractivity contribution is 5.96. The molecular weight excluding hydrogens is 274 g/mol. The van der Waals surface area contributed by atoms with Crippen molar-refractivity contribution < 1.29 is 14.1 Å². The monoisotopic (exact) mass is 287 g/mol. The van der Waals surface area contributed by atoms with E-state index in [4.69, 9.17) is 4.52 Å². The van der Waals surface area contributed by atoms with Crippen molar-refractivity contribution in [2.45, 2.75) is 13.8 Å². The highest BCUT2D eigenvalue weighted by atomic mass is 16.5. The van der Waals surface area contributed by atoms with Crippen molar-refractivity contribution in [3.63, 3.8) is 0 Å². The van der Waals surface area contributed by atoms with Gasteiger partial charge in [-0.25, -0.2) is 0 Å². The van der Waals surface area contributed by atoms with E-state index in [2.05, 4.69) is 26.0 Å². The van der Waals surface area contributed by atoms with Gasteiger partial charge in [0.15, 0.2) is 5.69 Å². The summed E-state index contributed by atoms with van der Waals surface area (Å²) in [6.07, 6.45) is 0. The Balaban J connectivity index is 2.33. The van der Waals surface area contributed by atoms with Gasteiger partial charge in [0, 0.05) is 13.8 Å². The van der Waals surface area contributed by atoms with Gasteiger partial charge < -0.3 is 9.84 Å². The lowest BCUT2D eigenvalue weighted by molar-refractivity contribution is -0.115. The highest BCUT2D eigenvalue weighted by Crippen LogP contribution is 2.34. The molecule has 2 amide bonds. The van der Waals surface area contributed by atoms with Crippen LogP contribution >= 0.6 is 0 Å². The van der Waals surface area contributed by atoms with E-state index in [1.807, 2.05) is 18.2 Å². The largest absolute Gasteiger partial charge is 0.334 e. The summed E-state index contributed by atoms with van der Waals surface area (Å²) in [5.41, 5.74) is 0.755. The van der Waals surface area contributed by atoms with Gasteiger partial charge in [0.1, 0.15) is 0 Å². The zero-order chi connectivity index (χ0) is 15.2. The molecule has 0 fully saturated rings. The molecule has 21 heavy (non-hydrogen) atoms. The molecule has 0 spiro atoms. The normalized spacial score (nSPS) is 10.6. The summed E-state index contributed by atoms with van der Waals surface area (Å²) in [6.45, 7) is 2.64. The van der Waals surface area contributed by atoms with Gasteiger partial charge >= 0.3 is 0 Å². The van der Waals surface area contributed by atoms with E-state index in [1.54, 1.807) is 12.1 Å². The van der Waals surface area contributed by atoms with Crippen molar-refractivity contribution >= 4 is 34.9 Å². The van der Waals surface area contributed by atoms with Gasteiger partial charge in [-0.1, -0.05) is 23.4 Å². The van der Waals surface area contributed by atoms with Crippen molar-refractivity contribution in [2.24, 2.45) is 10.2 Å². The third-order valence-corrected chi connectivity index (χ3v) is 2.27. The molecule has 1 heterocycles. The van der Waals surface area contributed by atoms with Crippen LogP contribution in [0.5, 0.6) is 0 Å². The van der Waals surface area contributed by atoms with Crippen LogP contribution in [0.15, 0.2) is 45.1 Å². The Kier molecular flexibility index (Phi) is 4.39. The standard InChI is InChI=1S/C13H13N5O3/c1-8(19)14-12-11(13(21-18-12)15-9(2)20)17-16-10-6-4-3-5-7-10/h3-7H,1-2H3,(H,15,20)(H,14,18,19). The molecule has 8 heteroatoms. The lowest BCUT2D eigenvalue weighted by Gasteiger charge is -1.98. The Morgan fingerprint density at radius 1 is 1.05 bits per heavy atom. The first-order valence-corrected chi connectivity index (χ1v) is 6.08. The molecule has 0 aliphatic heterocycles. The number of benzene rings is 1. The van der Waals surface area contributed by atoms with Crippen molar-refractivity contribution in [2.75, 3.05) is 10.6 Å². The van der Waals surface area contributed by atoms with Gasteiger partial charge in [-0.3, -0.25) is 14.9 Å². The highest BCUT2D eigenvalue weighted by Gasteiger charge is 2.18. The zero-order valence-corrected chi connectivity index (χ0v) is 11.5.